The first-order valence-corrected chi connectivity index (χ1v) is 8.97. The first kappa shape index (κ1) is 17.7. The molecular formula is C17H32N2O3. The Morgan fingerprint density at radius 2 is 1.77 bits per heavy atom. The van der Waals surface area contributed by atoms with Crippen molar-refractivity contribution in [2.45, 2.75) is 64.0 Å². The summed E-state index contributed by atoms with van der Waals surface area (Å²) in [7, 11) is 0. The molecule has 0 aromatic carbocycles. The molecule has 2 fully saturated rings. The second-order valence-corrected chi connectivity index (χ2v) is 6.60. The van der Waals surface area contributed by atoms with Crippen LogP contribution in [0, 0.1) is 0 Å². The van der Waals surface area contributed by atoms with E-state index >= 15 is 0 Å². The molecule has 128 valence electrons. The van der Waals surface area contributed by atoms with E-state index in [1.54, 1.807) is 0 Å². The molecule has 2 aliphatic rings. The van der Waals surface area contributed by atoms with Crippen molar-refractivity contribution in [3.63, 3.8) is 0 Å². The first-order chi connectivity index (χ1) is 10.7. The Bertz CT molecular complexity index is 322. The van der Waals surface area contributed by atoms with Gasteiger partial charge in [0.05, 0.1) is 12.1 Å². The van der Waals surface area contributed by atoms with Gasteiger partial charge in [0.25, 0.3) is 0 Å². The summed E-state index contributed by atoms with van der Waals surface area (Å²) in [4.78, 5) is 17.0. The smallest absolute Gasteiger partial charge is 0.239 e. The van der Waals surface area contributed by atoms with Gasteiger partial charge in [-0.15, -0.1) is 0 Å². The van der Waals surface area contributed by atoms with Crippen LogP contribution in [0.15, 0.2) is 0 Å². The molecule has 22 heavy (non-hydrogen) atoms. The number of piperidine rings is 1. The zero-order valence-corrected chi connectivity index (χ0v) is 14.0. The van der Waals surface area contributed by atoms with E-state index in [9.17, 15) is 4.79 Å². The standard InChI is InChI=1S/C17H32N2O3/c1-15(17(21)19-9-4-2-3-5-10-19)18-11-7-16(8-12-18)22-14-6-13-20/h15-16,20H,2-14H2,1H3. The minimum atomic E-state index is -0.00325. The van der Waals surface area contributed by atoms with E-state index in [-0.39, 0.29) is 12.6 Å². The summed E-state index contributed by atoms with van der Waals surface area (Å²) in [6, 6.07) is -0.00325. The highest BCUT2D eigenvalue weighted by Gasteiger charge is 2.29. The molecule has 0 bridgehead atoms. The van der Waals surface area contributed by atoms with Gasteiger partial charge in [-0.1, -0.05) is 12.8 Å². The number of ether oxygens (including phenoxy) is 1. The highest BCUT2D eigenvalue weighted by molar-refractivity contribution is 5.81. The molecule has 0 aliphatic carbocycles. The summed E-state index contributed by atoms with van der Waals surface area (Å²) >= 11 is 0. The number of nitrogens with zero attached hydrogens (tertiary/aromatic N) is 2. The van der Waals surface area contributed by atoms with Gasteiger partial charge in [-0.2, -0.15) is 0 Å². The van der Waals surface area contributed by atoms with Crippen LogP contribution in [0.2, 0.25) is 0 Å². The Morgan fingerprint density at radius 1 is 1.14 bits per heavy atom. The van der Waals surface area contributed by atoms with Gasteiger partial charge < -0.3 is 14.7 Å². The molecule has 1 amide bonds. The number of carbonyl (C=O) groups excluding carboxylic acids is 1. The van der Waals surface area contributed by atoms with Crippen molar-refractivity contribution in [2.24, 2.45) is 0 Å². The zero-order chi connectivity index (χ0) is 15.8. The molecule has 0 radical (unpaired) electrons. The summed E-state index contributed by atoms with van der Waals surface area (Å²) < 4.78 is 5.76. The van der Waals surface area contributed by atoms with Crippen molar-refractivity contribution >= 4 is 5.91 Å². The summed E-state index contributed by atoms with van der Waals surface area (Å²) in [6.07, 6.45) is 7.81. The average molecular weight is 312 g/mol. The van der Waals surface area contributed by atoms with Crippen LogP contribution in [-0.4, -0.2) is 72.4 Å². The van der Waals surface area contributed by atoms with Crippen molar-refractivity contribution in [2.75, 3.05) is 39.4 Å². The molecule has 5 nitrogen and oxygen atoms in total. The largest absolute Gasteiger partial charge is 0.396 e. The molecule has 2 rings (SSSR count). The van der Waals surface area contributed by atoms with Gasteiger partial charge >= 0.3 is 0 Å². The van der Waals surface area contributed by atoms with Gasteiger partial charge in [0, 0.05) is 39.4 Å². The van der Waals surface area contributed by atoms with Crippen molar-refractivity contribution in [3.05, 3.63) is 0 Å². The fourth-order valence-corrected chi connectivity index (χ4v) is 3.46. The van der Waals surface area contributed by atoms with Crippen LogP contribution in [0.3, 0.4) is 0 Å². The van der Waals surface area contributed by atoms with Crippen LogP contribution in [-0.2, 0) is 9.53 Å². The molecule has 0 aromatic rings. The van der Waals surface area contributed by atoms with Crippen molar-refractivity contribution < 1.29 is 14.6 Å². The SMILES string of the molecule is CC(C(=O)N1CCCCCC1)N1CCC(OCCCO)CC1. The van der Waals surface area contributed by atoms with Crippen LogP contribution >= 0.6 is 0 Å². The van der Waals surface area contributed by atoms with E-state index in [1.165, 1.54) is 12.8 Å². The third kappa shape index (κ3) is 5.21. The van der Waals surface area contributed by atoms with Gasteiger partial charge in [-0.05, 0) is 39.0 Å². The van der Waals surface area contributed by atoms with Gasteiger partial charge in [-0.3, -0.25) is 9.69 Å². The number of aliphatic hydroxyl groups excluding tert-OH is 1. The summed E-state index contributed by atoms with van der Waals surface area (Å²) in [5.74, 6) is 0.307. The number of hydrogen-bond acceptors (Lipinski definition) is 4. The van der Waals surface area contributed by atoms with Gasteiger partial charge in [0.15, 0.2) is 0 Å². The number of carbonyl (C=O) groups is 1. The number of likely N-dealkylation sites (tertiary alicyclic amines) is 2. The topological polar surface area (TPSA) is 53.0 Å². The van der Waals surface area contributed by atoms with Crippen molar-refractivity contribution in [1.82, 2.24) is 9.80 Å². The highest BCUT2D eigenvalue weighted by atomic mass is 16.5. The van der Waals surface area contributed by atoms with E-state index in [0.717, 1.165) is 51.9 Å². The normalized spacial score (nSPS) is 23.3. The van der Waals surface area contributed by atoms with Crippen LogP contribution in [0.1, 0.15) is 51.9 Å². The molecule has 1 N–H and O–H groups in total. The van der Waals surface area contributed by atoms with Gasteiger partial charge in [0.2, 0.25) is 5.91 Å². The number of amides is 1. The maximum absolute atomic E-state index is 12.7. The van der Waals surface area contributed by atoms with Crippen LogP contribution in [0.25, 0.3) is 0 Å². The molecule has 0 saturated carbocycles. The van der Waals surface area contributed by atoms with E-state index in [0.29, 0.717) is 25.0 Å². The van der Waals surface area contributed by atoms with E-state index in [2.05, 4.69) is 16.7 Å². The minimum Gasteiger partial charge on any atom is -0.396 e. The molecule has 1 atom stereocenters. The molecule has 2 aliphatic heterocycles. The molecular weight excluding hydrogens is 280 g/mol. The zero-order valence-electron chi connectivity index (χ0n) is 14.0. The molecule has 0 aromatic heterocycles. The Balaban J connectivity index is 1.73. The molecule has 1 unspecified atom stereocenters. The minimum absolute atomic E-state index is 0.00325. The molecule has 2 heterocycles. The Hall–Kier alpha value is -0.650. The molecule has 0 spiro atoms. The predicted molar refractivity (Wildman–Crippen MR) is 86.8 cm³/mol. The maximum Gasteiger partial charge on any atom is 0.239 e. The fourth-order valence-electron chi connectivity index (χ4n) is 3.46. The summed E-state index contributed by atoms with van der Waals surface area (Å²) in [5.41, 5.74) is 0. The lowest BCUT2D eigenvalue weighted by Crippen LogP contribution is -2.50. The third-order valence-corrected chi connectivity index (χ3v) is 4.96. The van der Waals surface area contributed by atoms with Gasteiger partial charge in [0.1, 0.15) is 0 Å². The Morgan fingerprint density at radius 3 is 2.36 bits per heavy atom. The lowest BCUT2D eigenvalue weighted by molar-refractivity contribution is -0.137. The Kier molecular flexibility index (Phi) is 7.63. The van der Waals surface area contributed by atoms with E-state index < -0.39 is 0 Å². The lowest BCUT2D eigenvalue weighted by Gasteiger charge is -2.37. The monoisotopic (exact) mass is 312 g/mol. The lowest BCUT2D eigenvalue weighted by atomic mass is 10.1. The second kappa shape index (κ2) is 9.48. The van der Waals surface area contributed by atoms with Crippen LogP contribution < -0.4 is 0 Å². The predicted octanol–water partition coefficient (Wildman–Crippen LogP) is 1.64. The highest BCUT2D eigenvalue weighted by Crippen LogP contribution is 2.18. The second-order valence-electron chi connectivity index (χ2n) is 6.60. The maximum atomic E-state index is 12.7. The summed E-state index contributed by atoms with van der Waals surface area (Å²) in [6.45, 7) is 6.63. The quantitative estimate of drug-likeness (QED) is 0.758. The number of aliphatic hydroxyl groups is 1. The molecule has 5 heteroatoms. The fraction of sp³-hybridized carbons (Fsp3) is 0.941. The van der Waals surface area contributed by atoms with Crippen molar-refractivity contribution in [1.29, 1.82) is 0 Å². The number of rotatable bonds is 6. The van der Waals surface area contributed by atoms with E-state index in [4.69, 9.17) is 9.84 Å². The molecule has 2 saturated heterocycles. The van der Waals surface area contributed by atoms with Crippen molar-refractivity contribution in [3.8, 4) is 0 Å². The van der Waals surface area contributed by atoms with E-state index in [1.807, 2.05) is 0 Å². The summed E-state index contributed by atoms with van der Waals surface area (Å²) in [5, 5.41) is 8.79. The average Bonchev–Trinajstić information content (AvgIpc) is 2.84. The van der Waals surface area contributed by atoms with Gasteiger partial charge in [-0.25, -0.2) is 0 Å². The third-order valence-electron chi connectivity index (χ3n) is 4.96. The Labute approximate surface area is 134 Å². The van der Waals surface area contributed by atoms with Crippen LogP contribution in [0.5, 0.6) is 0 Å². The van der Waals surface area contributed by atoms with Crippen LogP contribution in [0.4, 0.5) is 0 Å². The first-order valence-electron chi connectivity index (χ1n) is 8.97. The number of hydrogen-bond donors (Lipinski definition) is 1.